The molecule has 0 radical (unpaired) electrons. The van der Waals surface area contributed by atoms with Crippen molar-refractivity contribution < 1.29 is 4.79 Å². The van der Waals surface area contributed by atoms with Crippen molar-refractivity contribution in [2.24, 2.45) is 5.10 Å². The SMILES string of the molecule is CC(=NNC(=O)c1cccc(C)c1)c1ccc2ccccc2n1. The zero-order chi connectivity index (χ0) is 16.2. The summed E-state index contributed by atoms with van der Waals surface area (Å²) in [6.07, 6.45) is 0. The Bertz CT molecular complexity index is 900. The number of hydrogen-bond acceptors (Lipinski definition) is 3. The van der Waals surface area contributed by atoms with Crippen molar-refractivity contribution in [2.75, 3.05) is 0 Å². The molecule has 114 valence electrons. The van der Waals surface area contributed by atoms with Gasteiger partial charge in [-0.3, -0.25) is 4.79 Å². The number of carbonyl (C=O) groups is 1. The Morgan fingerprint density at radius 1 is 1.04 bits per heavy atom. The van der Waals surface area contributed by atoms with Gasteiger partial charge in [-0.05, 0) is 38.1 Å². The molecule has 3 aromatic rings. The van der Waals surface area contributed by atoms with Crippen LogP contribution in [0.5, 0.6) is 0 Å². The normalized spacial score (nSPS) is 11.5. The number of fused-ring (bicyclic) bond motifs is 1. The zero-order valence-corrected chi connectivity index (χ0v) is 13.1. The van der Waals surface area contributed by atoms with E-state index in [1.54, 1.807) is 6.07 Å². The molecule has 0 bridgehead atoms. The molecule has 0 atom stereocenters. The smallest absolute Gasteiger partial charge is 0.267 e. The number of nitrogens with zero attached hydrogens (tertiary/aromatic N) is 2. The van der Waals surface area contributed by atoms with E-state index in [1.165, 1.54) is 0 Å². The van der Waals surface area contributed by atoms with Gasteiger partial charge in [-0.15, -0.1) is 0 Å². The van der Waals surface area contributed by atoms with Crippen LogP contribution < -0.4 is 5.43 Å². The van der Waals surface area contributed by atoms with Gasteiger partial charge in [0.15, 0.2) is 0 Å². The lowest BCUT2D eigenvalue weighted by atomic mass is 10.1. The van der Waals surface area contributed by atoms with E-state index < -0.39 is 0 Å². The van der Waals surface area contributed by atoms with Crippen LogP contribution in [-0.2, 0) is 0 Å². The second-order valence-corrected chi connectivity index (χ2v) is 5.40. The van der Waals surface area contributed by atoms with Gasteiger partial charge in [0.25, 0.3) is 5.91 Å². The number of hydrazone groups is 1. The third-order valence-corrected chi connectivity index (χ3v) is 3.57. The minimum atomic E-state index is -0.228. The highest BCUT2D eigenvalue weighted by Crippen LogP contribution is 2.12. The Morgan fingerprint density at radius 2 is 1.87 bits per heavy atom. The summed E-state index contributed by atoms with van der Waals surface area (Å²) >= 11 is 0. The fourth-order valence-corrected chi connectivity index (χ4v) is 2.31. The molecular formula is C19H17N3O. The topological polar surface area (TPSA) is 54.4 Å². The van der Waals surface area contributed by atoms with E-state index in [1.807, 2.05) is 68.4 Å². The lowest BCUT2D eigenvalue weighted by Crippen LogP contribution is -2.19. The largest absolute Gasteiger partial charge is 0.271 e. The number of rotatable bonds is 3. The number of para-hydroxylation sites is 1. The first-order chi connectivity index (χ1) is 11.1. The monoisotopic (exact) mass is 303 g/mol. The molecule has 0 aliphatic carbocycles. The van der Waals surface area contributed by atoms with Crippen molar-refractivity contribution in [1.82, 2.24) is 10.4 Å². The first kappa shape index (κ1) is 14.9. The Morgan fingerprint density at radius 3 is 2.70 bits per heavy atom. The van der Waals surface area contributed by atoms with Gasteiger partial charge in [0.05, 0.1) is 16.9 Å². The molecule has 0 unspecified atom stereocenters. The van der Waals surface area contributed by atoms with Gasteiger partial charge in [0.1, 0.15) is 0 Å². The van der Waals surface area contributed by atoms with Crippen LogP contribution in [0, 0.1) is 6.92 Å². The maximum absolute atomic E-state index is 12.1. The number of carbonyl (C=O) groups excluding carboxylic acids is 1. The van der Waals surface area contributed by atoms with E-state index in [2.05, 4.69) is 15.5 Å². The van der Waals surface area contributed by atoms with Crippen molar-refractivity contribution in [1.29, 1.82) is 0 Å². The predicted molar refractivity (Wildman–Crippen MR) is 92.6 cm³/mol. The van der Waals surface area contributed by atoms with Crippen LogP contribution in [0.15, 0.2) is 65.8 Å². The molecule has 0 aliphatic heterocycles. The Balaban J connectivity index is 1.79. The number of aromatic nitrogens is 1. The van der Waals surface area contributed by atoms with Gasteiger partial charge in [0, 0.05) is 10.9 Å². The highest BCUT2D eigenvalue weighted by Gasteiger charge is 2.06. The standard InChI is InChI=1S/C19H17N3O/c1-13-6-5-8-16(12-13)19(23)22-21-14(2)17-11-10-15-7-3-4-9-18(15)20-17/h3-12H,1-2H3,(H,22,23). The van der Waals surface area contributed by atoms with E-state index in [9.17, 15) is 4.79 Å². The third kappa shape index (κ3) is 3.43. The summed E-state index contributed by atoms with van der Waals surface area (Å²) in [5.41, 5.74) is 6.52. The zero-order valence-electron chi connectivity index (χ0n) is 13.1. The van der Waals surface area contributed by atoms with Crippen LogP contribution in [0.4, 0.5) is 0 Å². The van der Waals surface area contributed by atoms with Crippen molar-refractivity contribution in [3.8, 4) is 0 Å². The maximum atomic E-state index is 12.1. The van der Waals surface area contributed by atoms with Gasteiger partial charge in [-0.2, -0.15) is 5.10 Å². The average Bonchev–Trinajstić information content (AvgIpc) is 2.59. The van der Waals surface area contributed by atoms with E-state index in [0.29, 0.717) is 11.3 Å². The van der Waals surface area contributed by atoms with Crippen LogP contribution in [0.1, 0.15) is 28.5 Å². The van der Waals surface area contributed by atoms with E-state index in [0.717, 1.165) is 22.2 Å². The second-order valence-electron chi connectivity index (χ2n) is 5.40. The second kappa shape index (κ2) is 6.40. The number of benzene rings is 2. The fraction of sp³-hybridized carbons (Fsp3) is 0.105. The molecule has 1 amide bonds. The minimum Gasteiger partial charge on any atom is -0.267 e. The summed E-state index contributed by atoms with van der Waals surface area (Å²) in [7, 11) is 0. The molecule has 0 saturated carbocycles. The molecule has 4 heteroatoms. The first-order valence-electron chi connectivity index (χ1n) is 7.41. The molecule has 1 heterocycles. The van der Waals surface area contributed by atoms with Gasteiger partial charge in [0.2, 0.25) is 0 Å². The molecule has 1 aromatic heterocycles. The molecule has 2 aromatic carbocycles. The summed E-state index contributed by atoms with van der Waals surface area (Å²) in [5.74, 6) is -0.228. The molecular weight excluding hydrogens is 286 g/mol. The van der Waals surface area contributed by atoms with Gasteiger partial charge >= 0.3 is 0 Å². The van der Waals surface area contributed by atoms with Crippen LogP contribution in [-0.4, -0.2) is 16.6 Å². The lowest BCUT2D eigenvalue weighted by Gasteiger charge is -2.04. The highest BCUT2D eigenvalue weighted by molar-refractivity contribution is 6.00. The van der Waals surface area contributed by atoms with E-state index >= 15 is 0 Å². The molecule has 23 heavy (non-hydrogen) atoms. The number of hydrogen-bond donors (Lipinski definition) is 1. The van der Waals surface area contributed by atoms with Crippen molar-refractivity contribution in [3.63, 3.8) is 0 Å². The summed E-state index contributed by atoms with van der Waals surface area (Å²) < 4.78 is 0. The van der Waals surface area contributed by atoms with Crippen LogP contribution in [0.3, 0.4) is 0 Å². The molecule has 4 nitrogen and oxygen atoms in total. The molecule has 0 saturated heterocycles. The van der Waals surface area contributed by atoms with E-state index in [-0.39, 0.29) is 5.91 Å². The Labute approximate surface area is 134 Å². The van der Waals surface area contributed by atoms with Crippen LogP contribution in [0.25, 0.3) is 10.9 Å². The van der Waals surface area contributed by atoms with Crippen molar-refractivity contribution in [3.05, 3.63) is 77.5 Å². The lowest BCUT2D eigenvalue weighted by molar-refractivity contribution is 0.0954. The molecule has 0 spiro atoms. The van der Waals surface area contributed by atoms with Crippen molar-refractivity contribution in [2.45, 2.75) is 13.8 Å². The summed E-state index contributed by atoms with van der Waals surface area (Å²) in [6, 6.07) is 19.2. The fourth-order valence-electron chi connectivity index (χ4n) is 2.31. The number of nitrogens with one attached hydrogen (secondary N) is 1. The number of amides is 1. The number of aryl methyl sites for hydroxylation is 1. The van der Waals surface area contributed by atoms with Gasteiger partial charge in [-0.25, -0.2) is 10.4 Å². The maximum Gasteiger partial charge on any atom is 0.271 e. The minimum absolute atomic E-state index is 0.228. The Hall–Kier alpha value is -3.01. The Kier molecular flexibility index (Phi) is 4.15. The average molecular weight is 303 g/mol. The highest BCUT2D eigenvalue weighted by atomic mass is 16.2. The van der Waals surface area contributed by atoms with Crippen LogP contribution in [0.2, 0.25) is 0 Å². The number of pyridine rings is 1. The van der Waals surface area contributed by atoms with Gasteiger partial charge in [-0.1, -0.05) is 42.0 Å². The molecule has 1 N–H and O–H groups in total. The van der Waals surface area contributed by atoms with Gasteiger partial charge < -0.3 is 0 Å². The molecule has 3 rings (SSSR count). The quantitative estimate of drug-likeness (QED) is 0.592. The third-order valence-electron chi connectivity index (χ3n) is 3.57. The first-order valence-corrected chi connectivity index (χ1v) is 7.41. The molecule has 0 aliphatic rings. The molecule has 0 fully saturated rings. The van der Waals surface area contributed by atoms with Crippen LogP contribution >= 0.6 is 0 Å². The summed E-state index contributed by atoms with van der Waals surface area (Å²) in [6.45, 7) is 3.78. The van der Waals surface area contributed by atoms with Crippen molar-refractivity contribution >= 4 is 22.5 Å². The van der Waals surface area contributed by atoms with E-state index in [4.69, 9.17) is 0 Å². The predicted octanol–water partition coefficient (Wildman–Crippen LogP) is 3.70. The summed E-state index contributed by atoms with van der Waals surface area (Å²) in [4.78, 5) is 16.7. The summed E-state index contributed by atoms with van der Waals surface area (Å²) in [5, 5.41) is 5.24.